The number of ether oxygens (including phenoxy) is 3. The molecular weight excluding hydrogens is 336 g/mol. The van der Waals surface area contributed by atoms with Crippen molar-refractivity contribution in [2.24, 2.45) is 0 Å². The summed E-state index contributed by atoms with van der Waals surface area (Å²) in [5.41, 5.74) is 0. The predicted octanol–water partition coefficient (Wildman–Crippen LogP) is 0.921. The molecule has 2 aliphatic rings. The monoisotopic (exact) mass is 356 g/mol. The highest BCUT2D eigenvalue weighted by Crippen LogP contribution is 2.33. The Hall–Kier alpha value is -2.00. The van der Waals surface area contributed by atoms with E-state index in [-0.39, 0.29) is 18.0 Å². The minimum absolute atomic E-state index is 0.163. The molecule has 0 N–H and O–H groups in total. The Morgan fingerprint density at radius 3 is 2.46 bits per heavy atom. The Morgan fingerprint density at radius 1 is 1.12 bits per heavy atom. The number of carbonyl (C=O) groups excluding carboxylic acids is 1. The number of carbonyl (C=O) groups is 1. The molecule has 1 saturated heterocycles. The van der Waals surface area contributed by atoms with E-state index in [2.05, 4.69) is 0 Å². The van der Waals surface area contributed by atoms with Crippen molar-refractivity contribution < 1.29 is 27.4 Å². The summed E-state index contributed by atoms with van der Waals surface area (Å²) in [6.45, 7) is 3.97. The van der Waals surface area contributed by atoms with Gasteiger partial charge in [-0.15, -0.1) is 0 Å². The summed E-state index contributed by atoms with van der Waals surface area (Å²) < 4.78 is 42.7. The summed E-state index contributed by atoms with van der Waals surface area (Å²) in [5, 5.41) is 0. The fraction of sp³-hybridized carbons (Fsp3) is 0.533. The van der Waals surface area contributed by atoms with Crippen molar-refractivity contribution >= 4 is 16.1 Å². The van der Waals surface area contributed by atoms with E-state index in [0.29, 0.717) is 44.4 Å². The van der Waals surface area contributed by atoms with E-state index in [4.69, 9.17) is 14.2 Å². The van der Waals surface area contributed by atoms with Crippen LogP contribution in [0.5, 0.6) is 11.5 Å². The van der Waals surface area contributed by atoms with Crippen molar-refractivity contribution in [1.29, 1.82) is 0 Å². The summed E-state index contributed by atoms with van der Waals surface area (Å²) in [5.74, 6) is 0.986. The second-order valence-electron chi connectivity index (χ2n) is 5.40. The number of amides is 1. The van der Waals surface area contributed by atoms with E-state index in [1.807, 2.05) is 0 Å². The maximum absolute atomic E-state index is 12.8. The number of sulfonamides is 1. The fourth-order valence-corrected chi connectivity index (χ4v) is 4.10. The minimum atomic E-state index is -3.64. The Kier molecular flexibility index (Phi) is 4.81. The number of hydrogen-bond acceptors (Lipinski definition) is 6. The average molecular weight is 356 g/mol. The molecular formula is C15H20N2O6S. The smallest absolute Gasteiger partial charge is 0.409 e. The molecule has 0 atom stereocenters. The number of piperazine rings is 1. The van der Waals surface area contributed by atoms with Crippen molar-refractivity contribution in [1.82, 2.24) is 9.21 Å². The van der Waals surface area contributed by atoms with Gasteiger partial charge in [0.25, 0.3) is 0 Å². The topological polar surface area (TPSA) is 85.4 Å². The second-order valence-corrected chi connectivity index (χ2v) is 7.33. The fourth-order valence-electron chi connectivity index (χ4n) is 2.66. The highest BCUT2D eigenvalue weighted by Gasteiger charge is 2.31. The van der Waals surface area contributed by atoms with E-state index < -0.39 is 16.1 Å². The van der Waals surface area contributed by atoms with Gasteiger partial charge in [-0.05, 0) is 19.1 Å². The van der Waals surface area contributed by atoms with Gasteiger partial charge in [0.05, 0.1) is 11.5 Å². The van der Waals surface area contributed by atoms with Crippen LogP contribution in [-0.4, -0.2) is 69.7 Å². The normalized spacial score (nSPS) is 18.3. The van der Waals surface area contributed by atoms with E-state index >= 15 is 0 Å². The molecule has 1 aromatic rings. The SMILES string of the molecule is CCOC(=O)N1CCN(S(=O)(=O)c2ccc3c(c2)OCCO3)CC1. The molecule has 3 rings (SSSR count). The zero-order valence-electron chi connectivity index (χ0n) is 13.4. The van der Waals surface area contributed by atoms with Gasteiger partial charge in [-0.1, -0.05) is 0 Å². The van der Waals surface area contributed by atoms with Crippen LogP contribution < -0.4 is 9.47 Å². The quantitative estimate of drug-likeness (QED) is 0.801. The number of nitrogens with zero attached hydrogens (tertiary/aromatic N) is 2. The van der Waals surface area contributed by atoms with Crippen LogP contribution in [0.4, 0.5) is 4.79 Å². The Labute approximate surface area is 140 Å². The van der Waals surface area contributed by atoms with E-state index in [1.54, 1.807) is 13.0 Å². The first-order chi connectivity index (χ1) is 11.5. The number of benzene rings is 1. The number of fused-ring (bicyclic) bond motifs is 1. The summed E-state index contributed by atoms with van der Waals surface area (Å²) in [6, 6.07) is 4.61. The molecule has 1 fully saturated rings. The standard InChI is InChI=1S/C15H20N2O6S/c1-2-21-15(18)16-5-7-17(8-6-16)24(19,20)12-3-4-13-14(11-12)23-10-9-22-13/h3-4,11H,2,5-10H2,1H3. The molecule has 0 saturated carbocycles. The van der Waals surface area contributed by atoms with Crippen molar-refractivity contribution in [3.05, 3.63) is 18.2 Å². The summed E-state index contributed by atoms with van der Waals surface area (Å²) in [7, 11) is -3.64. The first-order valence-electron chi connectivity index (χ1n) is 7.84. The lowest BCUT2D eigenvalue weighted by atomic mass is 10.3. The Morgan fingerprint density at radius 2 is 1.79 bits per heavy atom. The van der Waals surface area contributed by atoms with Crippen LogP contribution in [0.15, 0.2) is 23.1 Å². The zero-order chi connectivity index (χ0) is 17.2. The molecule has 2 heterocycles. The molecule has 2 aliphatic heterocycles. The summed E-state index contributed by atoms with van der Waals surface area (Å²) in [4.78, 5) is 13.4. The third-order valence-electron chi connectivity index (χ3n) is 3.92. The Bertz CT molecular complexity index is 713. The van der Waals surface area contributed by atoms with Crippen LogP contribution in [0.25, 0.3) is 0 Å². The molecule has 0 aromatic heterocycles. The molecule has 0 bridgehead atoms. The summed E-state index contributed by atoms with van der Waals surface area (Å²) in [6.07, 6.45) is -0.408. The van der Waals surface area contributed by atoms with E-state index in [0.717, 1.165) is 0 Å². The lowest BCUT2D eigenvalue weighted by Gasteiger charge is -2.33. The molecule has 0 spiro atoms. The molecule has 0 aliphatic carbocycles. The predicted molar refractivity (Wildman–Crippen MR) is 84.8 cm³/mol. The third-order valence-corrected chi connectivity index (χ3v) is 5.81. The number of hydrogen-bond donors (Lipinski definition) is 0. The first-order valence-corrected chi connectivity index (χ1v) is 9.28. The first kappa shape index (κ1) is 16.8. The highest BCUT2D eigenvalue weighted by atomic mass is 32.2. The lowest BCUT2D eigenvalue weighted by molar-refractivity contribution is 0.0934. The van der Waals surface area contributed by atoms with Crippen LogP contribution in [0.2, 0.25) is 0 Å². The van der Waals surface area contributed by atoms with Gasteiger partial charge >= 0.3 is 6.09 Å². The maximum Gasteiger partial charge on any atom is 0.409 e. The van der Waals surface area contributed by atoms with Gasteiger partial charge in [-0.25, -0.2) is 13.2 Å². The number of rotatable bonds is 3. The van der Waals surface area contributed by atoms with Gasteiger partial charge in [0.1, 0.15) is 13.2 Å². The second kappa shape index (κ2) is 6.86. The van der Waals surface area contributed by atoms with Crippen LogP contribution >= 0.6 is 0 Å². The largest absolute Gasteiger partial charge is 0.486 e. The van der Waals surface area contributed by atoms with Crippen LogP contribution in [-0.2, 0) is 14.8 Å². The van der Waals surface area contributed by atoms with Crippen LogP contribution in [0.1, 0.15) is 6.92 Å². The van der Waals surface area contributed by atoms with Crippen molar-refractivity contribution in [3.8, 4) is 11.5 Å². The molecule has 1 amide bonds. The van der Waals surface area contributed by atoms with Gasteiger partial charge in [0, 0.05) is 32.2 Å². The van der Waals surface area contributed by atoms with Gasteiger partial charge < -0.3 is 19.1 Å². The molecule has 0 unspecified atom stereocenters. The maximum atomic E-state index is 12.8. The van der Waals surface area contributed by atoms with Gasteiger partial charge in [-0.3, -0.25) is 0 Å². The van der Waals surface area contributed by atoms with Crippen LogP contribution in [0.3, 0.4) is 0 Å². The third kappa shape index (κ3) is 3.27. The average Bonchev–Trinajstić information content (AvgIpc) is 2.61. The van der Waals surface area contributed by atoms with E-state index in [1.165, 1.54) is 21.3 Å². The highest BCUT2D eigenvalue weighted by molar-refractivity contribution is 7.89. The van der Waals surface area contributed by atoms with Gasteiger partial charge in [0.15, 0.2) is 11.5 Å². The van der Waals surface area contributed by atoms with Crippen molar-refractivity contribution in [2.45, 2.75) is 11.8 Å². The molecule has 9 heteroatoms. The Balaban J connectivity index is 1.71. The molecule has 24 heavy (non-hydrogen) atoms. The lowest BCUT2D eigenvalue weighted by Crippen LogP contribution is -2.50. The van der Waals surface area contributed by atoms with Gasteiger partial charge in [-0.2, -0.15) is 4.31 Å². The van der Waals surface area contributed by atoms with Crippen molar-refractivity contribution in [2.75, 3.05) is 46.0 Å². The zero-order valence-corrected chi connectivity index (χ0v) is 14.3. The molecule has 132 valence electrons. The minimum Gasteiger partial charge on any atom is -0.486 e. The van der Waals surface area contributed by atoms with Gasteiger partial charge in [0.2, 0.25) is 10.0 Å². The molecule has 1 aromatic carbocycles. The van der Waals surface area contributed by atoms with Crippen molar-refractivity contribution in [3.63, 3.8) is 0 Å². The molecule has 8 nitrogen and oxygen atoms in total. The summed E-state index contributed by atoms with van der Waals surface area (Å²) >= 11 is 0. The van der Waals surface area contributed by atoms with E-state index in [9.17, 15) is 13.2 Å². The molecule has 0 radical (unpaired) electrons. The van der Waals surface area contributed by atoms with Crippen LogP contribution in [0, 0.1) is 0 Å².